The molecule has 0 aliphatic carbocycles. The minimum atomic E-state index is -1.37. The number of rotatable bonds is 7. The highest BCUT2D eigenvalue weighted by molar-refractivity contribution is 6.90. The lowest BCUT2D eigenvalue weighted by Crippen LogP contribution is -2.44. The molecule has 1 rings (SSSR count). The Morgan fingerprint density at radius 1 is 0.947 bits per heavy atom. The third kappa shape index (κ3) is 4.62. The van der Waals surface area contributed by atoms with Gasteiger partial charge in [0.2, 0.25) is 0 Å². The van der Waals surface area contributed by atoms with Crippen molar-refractivity contribution < 1.29 is 0 Å². The van der Waals surface area contributed by atoms with Crippen molar-refractivity contribution in [2.45, 2.75) is 44.3 Å². The Balaban J connectivity index is 3.09. The molecule has 0 spiro atoms. The zero-order valence-electron chi connectivity index (χ0n) is 13.0. The molecule has 0 N–H and O–H groups in total. The van der Waals surface area contributed by atoms with Gasteiger partial charge in [0.05, 0.1) is 16.1 Å². The molecule has 0 amide bonds. The van der Waals surface area contributed by atoms with Gasteiger partial charge < -0.3 is 0 Å². The summed E-state index contributed by atoms with van der Waals surface area (Å²) in [5, 5.41) is 1.62. The Bertz CT molecular complexity index is 444. The van der Waals surface area contributed by atoms with Crippen molar-refractivity contribution in [1.82, 2.24) is 0 Å². The van der Waals surface area contributed by atoms with Crippen molar-refractivity contribution in [2.24, 2.45) is 0 Å². The van der Waals surface area contributed by atoms with E-state index in [2.05, 4.69) is 75.8 Å². The van der Waals surface area contributed by atoms with Crippen LogP contribution in [0.5, 0.6) is 0 Å². The molecule has 0 aliphatic rings. The molecule has 0 atom stereocenters. The zero-order chi connectivity index (χ0) is 14.5. The first-order chi connectivity index (χ1) is 8.82. The van der Waals surface area contributed by atoms with Crippen molar-refractivity contribution in [3.8, 4) is 0 Å². The van der Waals surface area contributed by atoms with Crippen LogP contribution in [0.25, 0.3) is 0 Å². The maximum absolute atomic E-state index is 3.94. The summed E-state index contributed by atoms with van der Waals surface area (Å²) in [5.74, 6) is 0. The standard InChI is InChI=1S/C17H28Si2/c1-7-13-18(3,4)15-16-11-9-10-12-17(16)19(5,6)14-8-2/h7-12H,1-2,13-15H2,3-6H3. The maximum atomic E-state index is 3.94. The third-order valence-corrected chi connectivity index (χ3v) is 9.75. The summed E-state index contributed by atoms with van der Waals surface area (Å²) in [5.41, 5.74) is 1.58. The molecule has 1 aromatic carbocycles. The predicted molar refractivity (Wildman–Crippen MR) is 94.8 cm³/mol. The summed E-state index contributed by atoms with van der Waals surface area (Å²) in [7, 11) is -2.57. The van der Waals surface area contributed by atoms with E-state index in [1.807, 2.05) is 0 Å². The van der Waals surface area contributed by atoms with Crippen molar-refractivity contribution in [1.29, 1.82) is 0 Å². The molecule has 2 heteroatoms. The van der Waals surface area contributed by atoms with Gasteiger partial charge in [-0.2, -0.15) is 0 Å². The van der Waals surface area contributed by atoms with Crippen molar-refractivity contribution in [2.75, 3.05) is 0 Å². The maximum Gasteiger partial charge on any atom is 0.0846 e. The zero-order valence-corrected chi connectivity index (χ0v) is 15.0. The molecule has 0 unspecified atom stereocenters. The van der Waals surface area contributed by atoms with Crippen LogP contribution in [0.4, 0.5) is 0 Å². The largest absolute Gasteiger partial charge is 0.103 e. The minimum Gasteiger partial charge on any atom is -0.103 e. The van der Waals surface area contributed by atoms with E-state index in [1.165, 1.54) is 12.1 Å². The second kappa shape index (κ2) is 6.53. The van der Waals surface area contributed by atoms with Gasteiger partial charge >= 0.3 is 0 Å². The lowest BCUT2D eigenvalue weighted by molar-refractivity contribution is 1.28. The Morgan fingerprint density at radius 3 is 2.11 bits per heavy atom. The fourth-order valence-electron chi connectivity index (χ4n) is 2.78. The van der Waals surface area contributed by atoms with Crippen molar-refractivity contribution in [3.05, 3.63) is 55.1 Å². The van der Waals surface area contributed by atoms with Crippen LogP contribution in [0, 0.1) is 0 Å². The number of allylic oxidation sites excluding steroid dienone is 2. The topological polar surface area (TPSA) is 0 Å². The van der Waals surface area contributed by atoms with Crippen LogP contribution in [0.15, 0.2) is 49.6 Å². The van der Waals surface area contributed by atoms with Crippen molar-refractivity contribution in [3.63, 3.8) is 0 Å². The van der Waals surface area contributed by atoms with E-state index >= 15 is 0 Å². The van der Waals surface area contributed by atoms with Gasteiger partial charge in [-0.3, -0.25) is 0 Å². The van der Waals surface area contributed by atoms with Gasteiger partial charge in [-0.1, -0.05) is 73.4 Å². The van der Waals surface area contributed by atoms with E-state index in [9.17, 15) is 0 Å². The van der Waals surface area contributed by atoms with Crippen LogP contribution >= 0.6 is 0 Å². The number of benzene rings is 1. The quantitative estimate of drug-likeness (QED) is 0.501. The fraction of sp³-hybridized carbons (Fsp3) is 0.412. The van der Waals surface area contributed by atoms with Gasteiger partial charge in [0.15, 0.2) is 0 Å². The smallest absolute Gasteiger partial charge is 0.0846 e. The number of hydrogen-bond acceptors (Lipinski definition) is 0. The van der Waals surface area contributed by atoms with Gasteiger partial charge in [0.25, 0.3) is 0 Å². The summed E-state index contributed by atoms with van der Waals surface area (Å²) in [6, 6.07) is 12.7. The molecule has 0 radical (unpaired) electrons. The molecule has 0 saturated heterocycles. The van der Waals surface area contributed by atoms with Gasteiger partial charge in [-0.05, 0) is 18.1 Å². The summed E-state index contributed by atoms with van der Waals surface area (Å²) in [4.78, 5) is 0. The van der Waals surface area contributed by atoms with Gasteiger partial charge in [-0.15, -0.1) is 13.2 Å². The van der Waals surface area contributed by atoms with Crippen LogP contribution < -0.4 is 5.19 Å². The van der Waals surface area contributed by atoms with E-state index in [0.29, 0.717) is 0 Å². The Labute approximate surface area is 121 Å². The van der Waals surface area contributed by atoms with Gasteiger partial charge in [0.1, 0.15) is 0 Å². The molecule has 1 aromatic rings. The van der Waals surface area contributed by atoms with Crippen LogP contribution in [0.3, 0.4) is 0 Å². The number of hydrogen-bond donors (Lipinski definition) is 0. The van der Waals surface area contributed by atoms with E-state index in [0.717, 1.165) is 6.04 Å². The first kappa shape index (κ1) is 16.2. The third-order valence-electron chi connectivity index (χ3n) is 3.77. The molecule has 0 saturated carbocycles. The molecule has 0 heterocycles. The van der Waals surface area contributed by atoms with Crippen LogP contribution in [-0.4, -0.2) is 16.1 Å². The molecule has 19 heavy (non-hydrogen) atoms. The summed E-state index contributed by atoms with van der Waals surface area (Å²) >= 11 is 0. The van der Waals surface area contributed by atoms with Crippen molar-refractivity contribution >= 4 is 21.3 Å². The van der Waals surface area contributed by atoms with Gasteiger partial charge in [-0.25, -0.2) is 0 Å². The lowest BCUT2D eigenvalue weighted by atomic mass is 10.2. The second-order valence-corrected chi connectivity index (χ2v) is 16.7. The van der Waals surface area contributed by atoms with Gasteiger partial charge in [0, 0.05) is 0 Å². The normalized spacial score (nSPS) is 12.2. The molecule has 0 aromatic heterocycles. The summed E-state index contributed by atoms with van der Waals surface area (Å²) < 4.78 is 0. The first-order valence-electron chi connectivity index (χ1n) is 7.12. The molecular weight excluding hydrogens is 260 g/mol. The van der Waals surface area contributed by atoms with E-state index in [1.54, 1.807) is 10.8 Å². The van der Waals surface area contributed by atoms with Crippen LogP contribution in [-0.2, 0) is 6.04 Å². The monoisotopic (exact) mass is 288 g/mol. The van der Waals surface area contributed by atoms with Crippen LogP contribution in [0.1, 0.15) is 5.56 Å². The molecule has 0 fully saturated rings. The average Bonchev–Trinajstić information content (AvgIpc) is 2.28. The van der Waals surface area contributed by atoms with E-state index < -0.39 is 16.1 Å². The van der Waals surface area contributed by atoms with E-state index in [4.69, 9.17) is 0 Å². The van der Waals surface area contributed by atoms with E-state index in [-0.39, 0.29) is 0 Å². The SMILES string of the molecule is C=CC[Si](C)(C)Cc1ccccc1[Si](C)(C)CC=C. The second-order valence-electron chi connectivity index (χ2n) is 6.87. The Hall–Kier alpha value is -0.866. The molecule has 0 aliphatic heterocycles. The lowest BCUT2D eigenvalue weighted by Gasteiger charge is -2.28. The highest BCUT2D eigenvalue weighted by Crippen LogP contribution is 2.19. The molecule has 104 valence electrons. The first-order valence-corrected chi connectivity index (χ1v) is 13.7. The summed E-state index contributed by atoms with van der Waals surface area (Å²) in [6.07, 6.45) is 4.19. The Morgan fingerprint density at radius 2 is 1.53 bits per heavy atom. The highest BCUT2D eigenvalue weighted by atomic mass is 28.3. The fourth-order valence-corrected chi connectivity index (χ4v) is 7.76. The molecule has 0 bridgehead atoms. The molecular formula is C17H28Si2. The highest BCUT2D eigenvalue weighted by Gasteiger charge is 2.27. The minimum absolute atomic E-state index is 1.16. The average molecular weight is 289 g/mol. The summed E-state index contributed by atoms with van der Waals surface area (Å²) in [6.45, 7) is 17.7. The van der Waals surface area contributed by atoms with Crippen LogP contribution in [0.2, 0.25) is 38.3 Å². The predicted octanol–water partition coefficient (Wildman–Crippen LogP) is 4.76. The Kier molecular flexibility index (Phi) is 5.56. The molecule has 0 nitrogen and oxygen atoms in total.